The molecule has 0 bridgehead atoms. The van der Waals surface area contributed by atoms with Crippen molar-refractivity contribution < 1.29 is 8.78 Å². The van der Waals surface area contributed by atoms with Crippen LogP contribution in [0.4, 0.5) is 8.78 Å². The van der Waals surface area contributed by atoms with Crippen LogP contribution in [0.15, 0.2) is 48.5 Å². The standard InChI is InChI=1S/C18H20F2/c1-3-4-5-14-6-8-15(9-7-14)16-10-12-17(13-11-16)18(2,19)20/h6-13H,3-5H2,1-2H3. The minimum atomic E-state index is -2.78. The van der Waals surface area contributed by atoms with Gasteiger partial charge in [-0.25, -0.2) is 8.78 Å². The van der Waals surface area contributed by atoms with Crippen molar-refractivity contribution >= 4 is 0 Å². The van der Waals surface area contributed by atoms with E-state index in [2.05, 4.69) is 31.2 Å². The molecule has 2 aromatic rings. The summed E-state index contributed by atoms with van der Waals surface area (Å²) in [4.78, 5) is 0. The molecule has 2 aromatic carbocycles. The zero-order valence-electron chi connectivity index (χ0n) is 12.0. The van der Waals surface area contributed by atoms with Gasteiger partial charge >= 0.3 is 0 Å². The van der Waals surface area contributed by atoms with Crippen LogP contribution in [0.1, 0.15) is 37.8 Å². The van der Waals surface area contributed by atoms with Gasteiger partial charge in [0.2, 0.25) is 0 Å². The van der Waals surface area contributed by atoms with Crippen LogP contribution in [0.2, 0.25) is 0 Å². The lowest BCUT2D eigenvalue weighted by molar-refractivity contribution is 0.0175. The van der Waals surface area contributed by atoms with E-state index < -0.39 is 5.92 Å². The topological polar surface area (TPSA) is 0 Å². The highest BCUT2D eigenvalue weighted by Gasteiger charge is 2.23. The van der Waals surface area contributed by atoms with Gasteiger partial charge in [0.25, 0.3) is 5.92 Å². The van der Waals surface area contributed by atoms with Crippen LogP contribution in [0.5, 0.6) is 0 Å². The maximum absolute atomic E-state index is 13.2. The zero-order chi connectivity index (χ0) is 14.6. The van der Waals surface area contributed by atoms with Gasteiger partial charge < -0.3 is 0 Å². The van der Waals surface area contributed by atoms with E-state index in [9.17, 15) is 8.78 Å². The predicted molar refractivity (Wildman–Crippen MR) is 80.1 cm³/mol. The average Bonchev–Trinajstić information content (AvgIpc) is 2.45. The van der Waals surface area contributed by atoms with Crippen molar-refractivity contribution in [2.75, 3.05) is 0 Å². The first-order valence-electron chi connectivity index (χ1n) is 7.08. The Morgan fingerprint density at radius 3 is 1.80 bits per heavy atom. The fraction of sp³-hybridized carbons (Fsp3) is 0.333. The molecule has 0 amide bonds. The van der Waals surface area contributed by atoms with Gasteiger partial charge in [-0.2, -0.15) is 0 Å². The number of unbranched alkanes of at least 4 members (excludes halogenated alkanes) is 1. The van der Waals surface area contributed by atoms with E-state index in [1.807, 2.05) is 0 Å². The molecule has 0 spiro atoms. The fourth-order valence-electron chi connectivity index (χ4n) is 2.20. The number of hydrogen-bond donors (Lipinski definition) is 0. The van der Waals surface area contributed by atoms with Crippen LogP contribution < -0.4 is 0 Å². The monoisotopic (exact) mass is 274 g/mol. The summed E-state index contributed by atoms with van der Waals surface area (Å²) in [5.41, 5.74) is 3.42. The molecule has 106 valence electrons. The smallest absolute Gasteiger partial charge is 0.202 e. The summed E-state index contributed by atoms with van der Waals surface area (Å²) < 4.78 is 26.3. The molecule has 0 saturated heterocycles. The molecule has 0 aliphatic carbocycles. The molecule has 0 aliphatic rings. The van der Waals surface area contributed by atoms with Crippen molar-refractivity contribution in [3.8, 4) is 11.1 Å². The molecular weight excluding hydrogens is 254 g/mol. The molecule has 0 heterocycles. The minimum Gasteiger partial charge on any atom is -0.202 e. The molecule has 0 nitrogen and oxygen atoms in total. The number of rotatable bonds is 5. The van der Waals surface area contributed by atoms with Gasteiger partial charge in [0, 0.05) is 12.5 Å². The Morgan fingerprint density at radius 2 is 1.35 bits per heavy atom. The first-order valence-corrected chi connectivity index (χ1v) is 7.08. The number of benzene rings is 2. The maximum Gasteiger partial charge on any atom is 0.270 e. The van der Waals surface area contributed by atoms with Crippen LogP contribution in [0.25, 0.3) is 11.1 Å². The van der Waals surface area contributed by atoms with Gasteiger partial charge in [-0.1, -0.05) is 61.9 Å². The van der Waals surface area contributed by atoms with Crippen LogP contribution in [0, 0.1) is 0 Å². The Bertz CT molecular complexity index is 533. The molecule has 0 saturated carbocycles. The third kappa shape index (κ3) is 3.66. The van der Waals surface area contributed by atoms with Crippen LogP contribution in [-0.2, 0) is 12.3 Å². The number of hydrogen-bond acceptors (Lipinski definition) is 0. The summed E-state index contributed by atoms with van der Waals surface area (Å²) in [6.07, 6.45) is 3.48. The quantitative estimate of drug-likeness (QED) is 0.645. The van der Waals surface area contributed by atoms with E-state index in [0.29, 0.717) is 0 Å². The van der Waals surface area contributed by atoms with Crippen molar-refractivity contribution in [1.29, 1.82) is 0 Å². The minimum absolute atomic E-state index is 0.0563. The van der Waals surface area contributed by atoms with Crippen molar-refractivity contribution in [3.63, 3.8) is 0 Å². The van der Waals surface area contributed by atoms with Crippen molar-refractivity contribution in [1.82, 2.24) is 0 Å². The van der Waals surface area contributed by atoms with Gasteiger partial charge in [0.05, 0.1) is 0 Å². The van der Waals surface area contributed by atoms with E-state index in [1.54, 1.807) is 12.1 Å². The first kappa shape index (κ1) is 14.7. The Hall–Kier alpha value is -1.70. The highest BCUT2D eigenvalue weighted by Crippen LogP contribution is 2.29. The second-order valence-corrected chi connectivity index (χ2v) is 5.27. The molecule has 0 radical (unpaired) electrons. The first-order chi connectivity index (χ1) is 9.50. The third-order valence-corrected chi connectivity index (χ3v) is 3.50. The number of aryl methyl sites for hydroxylation is 1. The van der Waals surface area contributed by atoms with Crippen LogP contribution in [-0.4, -0.2) is 0 Å². The molecule has 20 heavy (non-hydrogen) atoms. The molecule has 2 rings (SSSR count). The van der Waals surface area contributed by atoms with Crippen molar-refractivity contribution in [2.24, 2.45) is 0 Å². The van der Waals surface area contributed by atoms with Gasteiger partial charge in [-0.3, -0.25) is 0 Å². The van der Waals surface area contributed by atoms with E-state index >= 15 is 0 Å². The Morgan fingerprint density at radius 1 is 0.850 bits per heavy atom. The van der Waals surface area contributed by atoms with E-state index in [-0.39, 0.29) is 5.56 Å². The van der Waals surface area contributed by atoms with Gasteiger partial charge in [0.15, 0.2) is 0 Å². The molecular formula is C18H20F2. The molecule has 0 aromatic heterocycles. The van der Waals surface area contributed by atoms with Gasteiger partial charge in [-0.15, -0.1) is 0 Å². The Kier molecular flexibility index (Phi) is 4.53. The molecule has 0 N–H and O–H groups in total. The van der Waals surface area contributed by atoms with Crippen molar-refractivity contribution in [2.45, 2.75) is 39.0 Å². The van der Waals surface area contributed by atoms with Gasteiger partial charge in [-0.05, 0) is 29.5 Å². The predicted octanol–water partition coefficient (Wildman–Crippen LogP) is 5.81. The van der Waals surface area contributed by atoms with E-state index in [4.69, 9.17) is 0 Å². The number of alkyl halides is 2. The van der Waals surface area contributed by atoms with E-state index in [1.165, 1.54) is 30.5 Å². The normalized spacial score (nSPS) is 11.6. The van der Waals surface area contributed by atoms with Gasteiger partial charge in [0.1, 0.15) is 0 Å². The van der Waals surface area contributed by atoms with Crippen LogP contribution in [0.3, 0.4) is 0 Å². The maximum atomic E-state index is 13.2. The highest BCUT2D eigenvalue weighted by atomic mass is 19.3. The molecule has 2 heteroatoms. The molecule has 0 atom stereocenters. The summed E-state index contributed by atoms with van der Waals surface area (Å²) in [7, 11) is 0. The molecule has 0 fully saturated rings. The molecule has 0 unspecified atom stereocenters. The summed E-state index contributed by atoms with van der Waals surface area (Å²) >= 11 is 0. The summed E-state index contributed by atoms with van der Waals surface area (Å²) in [5.74, 6) is -2.78. The molecule has 0 aliphatic heterocycles. The van der Waals surface area contributed by atoms with Crippen LogP contribution >= 0.6 is 0 Å². The third-order valence-electron chi connectivity index (χ3n) is 3.50. The average molecular weight is 274 g/mol. The zero-order valence-corrected chi connectivity index (χ0v) is 12.0. The Balaban J connectivity index is 2.15. The lowest BCUT2D eigenvalue weighted by atomic mass is 10.00. The fourth-order valence-corrected chi connectivity index (χ4v) is 2.20. The summed E-state index contributed by atoms with van der Waals surface area (Å²) in [6.45, 7) is 3.10. The SMILES string of the molecule is CCCCc1ccc(-c2ccc(C(C)(F)F)cc2)cc1. The lowest BCUT2D eigenvalue weighted by Gasteiger charge is -2.11. The lowest BCUT2D eigenvalue weighted by Crippen LogP contribution is -2.06. The number of halogens is 2. The van der Waals surface area contributed by atoms with E-state index in [0.717, 1.165) is 24.5 Å². The highest BCUT2D eigenvalue weighted by molar-refractivity contribution is 5.64. The summed E-state index contributed by atoms with van der Waals surface area (Å²) in [5, 5.41) is 0. The Labute approximate surface area is 119 Å². The second kappa shape index (κ2) is 6.17. The largest absolute Gasteiger partial charge is 0.270 e. The van der Waals surface area contributed by atoms with Crippen molar-refractivity contribution in [3.05, 3.63) is 59.7 Å². The second-order valence-electron chi connectivity index (χ2n) is 5.27. The summed E-state index contributed by atoms with van der Waals surface area (Å²) in [6, 6.07) is 14.9.